The van der Waals surface area contributed by atoms with E-state index in [1.165, 1.54) is 4.31 Å². The van der Waals surface area contributed by atoms with Crippen molar-refractivity contribution in [2.24, 2.45) is 0 Å². The Labute approximate surface area is 101 Å². The number of nitrogens with zero attached hydrogens (tertiary/aromatic N) is 1. The lowest BCUT2D eigenvalue weighted by molar-refractivity contribution is -0.138. The van der Waals surface area contributed by atoms with Crippen molar-refractivity contribution in [3.05, 3.63) is 0 Å². The van der Waals surface area contributed by atoms with Gasteiger partial charge in [0.2, 0.25) is 0 Å². The number of carboxylic acids is 1. The Balaban J connectivity index is 2.69. The number of hydrogen-bond donors (Lipinski definition) is 2. The van der Waals surface area contributed by atoms with Crippen LogP contribution in [0.1, 0.15) is 25.7 Å². The molecule has 1 aliphatic heterocycles. The molecule has 0 aromatic heterocycles. The standard InChI is InChI=1S/C10H16N2O4S/c1-2-6-9(10(13)14)11-17(15,16)12-7-4-3-5-8-12/h1,9,11H,3-8H2,(H,13,14). The highest BCUT2D eigenvalue weighted by atomic mass is 32.2. The molecule has 6 nitrogen and oxygen atoms in total. The number of terminal acetylenes is 1. The Kier molecular flexibility index (Phi) is 4.93. The second-order valence-electron chi connectivity index (χ2n) is 3.88. The van der Waals surface area contributed by atoms with E-state index in [-0.39, 0.29) is 6.42 Å². The lowest BCUT2D eigenvalue weighted by atomic mass is 10.2. The predicted octanol–water partition coefficient (Wildman–Crippen LogP) is -0.217. The molecule has 1 atom stereocenters. The molecule has 0 saturated carbocycles. The van der Waals surface area contributed by atoms with Gasteiger partial charge in [-0.05, 0) is 12.8 Å². The van der Waals surface area contributed by atoms with Gasteiger partial charge in [0.1, 0.15) is 6.04 Å². The summed E-state index contributed by atoms with van der Waals surface area (Å²) in [6, 6.07) is -1.26. The molecule has 17 heavy (non-hydrogen) atoms. The normalized spacial score (nSPS) is 19.5. The first kappa shape index (κ1) is 14.0. The monoisotopic (exact) mass is 260 g/mol. The Bertz CT molecular complexity index is 407. The summed E-state index contributed by atoms with van der Waals surface area (Å²) in [5.41, 5.74) is 0. The molecule has 0 aromatic rings. The summed E-state index contributed by atoms with van der Waals surface area (Å²) in [4.78, 5) is 10.8. The fraction of sp³-hybridized carbons (Fsp3) is 0.700. The smallest absolute Gasteiger partial charge is 0.322 e. The van der Waals surface area contributed by atoms with E-state index in [1.807, 2.05) is 0 Å². The van der Waals surface area contributed by atoms with E-state index in [9.17, 15) is 13.2 Å². The predicted molar refractivity (Wildman–Crippen MR) is 62.4 cm³/mol. The first-order chi connectivity index (χ1) is 7.97. The summed E-state index contributed by atoms with van der Waals surface area (Å²) in [5.74, 6) is 0.888. The molecule has 0 spiro atoms. The third-order valence-electron chi connectivity index (χ3n) is 2.57. The minimum absolute atomic E-state index is 0.164. The van der Waals surface area contributed by atoms with Crippen LogP contribution in [-0.4, -0.2) is 42.9 Å². The molecule has 0 bridgehead atoms. The van der Waals surface area contributed by atoms with Crippen LogP contribution >= 0.6 is 0 Å². The van der Waals surface area contributed by atoms with Crippen molar-refractivity contribution in [3.8, 4) is 12.3 Å². The number of rotatable bonds is 5. The van der Waals surface area contributed by atoms with Gasteiger partial charge in [-0.3, -0.25) is 4.79 Å². The first-order valence-corrected chi connectivity index (χ1v) is 6.85. The van der Waals surface area contributed by atoms with Crippen molar-refractivity contribution < 1.29 is 18.3 Å². The number of nitrogens with one attached hydrogen (secondary N) is 1. The molecule has 7 heteroatoms. The minimum Gasteiger partial charge on any atom is -0.480 e. The topological polar surface area (TPSA) is 86.7 Å². The molecule has 96 valence electrons. The fourth-order valence-corrected chi connectivity index (χ4v) is 3.09. The number of carboxylic acid groups (broad SMARTS) is 1. The van der Waals surface area contributed by atoms with Gasteiger partial charge in [0.25, 0.3) is 10.2 Å². The number of aliphatic carboxylic acids is 1. The number of piperidine rings is 1. The van der Waals surface area contributed by atoms with Gasteiger partial charge in [0, 0.05) is 19.5 Å². The third-order valence-corrected chi connectivity index (χ3v) is 4.19. The van der Waals surface area contributed by atoms with Crippen LogP contribution in [0.15, 0.2) is 0 Å². The van der Waals surface area contributed by atoms with E-state index in [4.69, 9.17) is 11.5 Å². The van der Waals surface area contributed by atoms with Crippen LogP contribution in [0.4, 0.5) is 0 Å². The van der Waals surface area contributed by atoms with Crippen LogP contribution in [-0.2, 0) is 15.0 Å². The maximum atomic E-state index is 11.9. The average molecular weight is 260 g/mol. The summed E-state index contributed by atoms with van der Waals surface area (Å²) in [6.07, 6.45) is 7.44. The van der Waals surface area contributed by atoms with Gasteiger partial charge in [0.05, 0.1) is 0 Å². The van der Waals surface area contributed by atoms with Crippen LogP contribution in [0.2, 0.25) is 0 Å². The Hall–Kier alpha value is -1.10. The highest BCUT2D eigenvalue weighted by Gasteiger charge is 2.29. The third kappa shape index (κ3) is 4.00. The maximum Gasteiger partial charge on any atom is 0.322 e. The van der Waals surface area contributed by atoms with Crippen LogP contribution < -0.4 is 4.72 Å². The van der Waals surface area contributed by atoms with Gasteiger partial charge in [-0.1, -0.05) is 6.42 Å². The number of hydrogen-bond acceptors (Lipinski definition) is 3. The molecule has 2 N–H and O–H groups in total. The zero-order chi connectivity index (χ0) is 12.9. The fourth-order valence-electron chi connectivity index (χ4n) is 1.66. The van der Waals surface area contributed by atoms with Gasteiger partial charge >= 0.3 is 5.97 Å². The first-order valence-electron chi connectivity index (χ1n) is 5.41. The molecule has 0 aromatic carbocycles. The van der Waals surface area contributed by atoms with E-state index in [1.54, 1.807) is 0 Å². The molecular formula is C10H16N2O4S. The summed E-state index contributed by atoms with van der Waals surface area (Å²) in [7, 11) is -3.74. The lowest BCUT2D eigenvalue weighted by Crippen LogP contribution is -2.49. The molecule has 1 heterocycles. The molecule has 1 unspecified atom stereocenters. The second-order valence-corrected chi connectivity index (χ2v) is 5.58. The molecule has 1 aliphatic rings. The van der Waals surface area contributed by atoms with Gasteiger partial charge < -0.3 is 5.11 Å². The van der Waals surface area contributed by atoms with Gasteiger partial charge in [-0.2, -0.15) is 17.4 Å². The highest BCUT2D eigenvalue weighted by molar-refractivity contribution is 7.87. The van der Waals surface area contributed by atoms with Gasteiger partial charge in [0.15, 0.2) is 0 Å². The second kappa shape index (κ2) is 6.00. The van der Waals surface area contributed by atoms with Crippen molar-refractivity contribution in [3.63, 3.8) is 0 Å². The Morgan fingerprint density at radius 2 is 2.00 bits per heavy atom. The lowest BCUT2D eigenvalue weighted by Gasteiger charge is -2.27. The molecule has 0 aliphatic carbocycles. The van der Waals surface area contributed by atoms with Crippen molar-refractivity contribution >= 4 is 16.2 Å². The highest BCUT2D eigenvalue weighted by Crippen LogP contribution is 2.12. The quantitative estimate of drug-likeness (QED) is 0.669. The zero-order valence-corrected chi connectivity index (χ0v) is 10.2. The SMILES string of the molecule is C#CCC(NS(=O)(=O)N1CCCCC1)C(=O)O. The van der Waals surface area contributed by atoms with E-state index in [0.29, 0.717) is 13.1 Å². The molecule has 1 saturated heterocycles. The minimum atomic E-state index is -3.74. The summed E-state index contributed by atoms with van der Waals surface area (Å²) >= 11 is 0. The average Bonchev–Trinajstić information content (AvgIpc) is 2.29. The molecule has 1 rings (SSSR count). The summed E-state index contributed by atoms with van der Waals surface area (Å²) < 4.78 is 27.1. The number of carbonyl (C=O) groups is 1. The molecule has 1 fully saturated rings. The van der Waals surface area contributed by atoms with Crippen molar-refractivity contribution in [2.45, 2.75) is 31.7 Å². The Morgan fingerprint density at radius 1 is 1.41 bits per heavy atom. The van der Waals surface area contributed by atoms with Gasteiger partial charge in [-0.25, -0.2) is 0 Å². The van der Waals surface area contributed by atoms with E-state index >= 15 is 0 Å². The van der Waals surface area contributed by atoms with Crippen molar-refractivity contribution in [2.75, 3.05) is 13.1 Å². The maximum absolute atomic E-state index is 11.9. The molecular weight excluding hydrogens is 244 g/mol. The largest absolute Gasteiger partial charge is 0.480 e. The van der Waals surface area contributed by atoms with Crippen molar-refractivity contribution in [1.82, 2.24) is 9.03 Å². The van der Waals surface area contributed by atoms with Crippen LogP contribution in [0, 0.1) is 12.3 Å². The van der Waals surface area contributed by atoms with E-state index in [0.717, 1.165) is 19.3 Å². The zero-order valence-electron chi connectivity index (χ0n) is 9.42. The van der Waals surface area contributed by atoms with E-state index < -0.39 is 22.2 Å². The van der Waals surface area contributed by atoms with Crippen LogP contribution in [0.3, 0.4) is 0 Å². The van der Waals surface area contributed by atoms with Crippen LogP contribution in [0.25, 0.3) is 0 Å². The summed E-state index contributed by atoms with van der Waals surface area (Å²) in [6.45, 7) is 0.857. The van der Waals surface area contributed by atoms with Gasteiger partial charge in [-0.15, -0.1) is 12.3 Å². The molecule has 0 amide bonds. The van der Waals surface area contributed by atoms with E-state index in [2.05, 4.69) is 10.6 Å². The summed E-state index contributed by atoms with van der Waals surface area (Å²) in [5, 5.41) is 8.83. The van der Waals surface area contributed by atoms with Crippen LogP contribution in [0.5, 0.6) is 0 Å². The molecule has 0 radical (unpaired) electrons. The Morgan fingerprint density at radius 3 is 2.47 bits per heavy atom. The van der Waals surface area contributed by atoms with Crippen molar-refractivity contribution in [1.29, 1.82) is 0 Å².